The first kappa shape index (κ1) is 22.4. The fourth-order valence-electron chi connectivity index (χ4n) is 7.74. The first-order valence-electron chi connectivity index (χ1n) is 12.8. The SMILES string of the molecule is C=C1CC[C@@H]2CC12[C@@H](/C=C1\CCC[C@]2(C)[C@@H]([C@H](C)/C=C/[C@H](C)C(C)C)CC[C@@H]12)OC. The molecule has 4 fully saturated rings. The van der Waals surface area contributed by atoms with Gasteiger partial charge in [-0.05, 0) is 92.3 Å². The molecule has 4 aliphatic rings. The van der Waals surface area contributed by atoms with Gasteiger partial charge in [0, 0.05) is 12.5 Å². The van der Waals surface area contributed by atoms with Crippen LogP contribution < -0.4 is 0 Å². The summed E-state index contributed by atoms with van der Waals surface area (Å²) in [7, 11) is 1.93. The average molecular weight is 411 g/mol. The van der Waals surface area contributed by atoms with E-state index in [1.165, 1.54) is 56.9 Å². The van der Waals surface area contributed by atoms with Crippen molar-refractivity contribution in [2.24, 2.45) is 46.3 Å². The minimum atomic E-state index is 0.262. The van der Waals surface area contributed by atoms with Gasteiger partial charge in [0.25, 0.3) is 0 Å². The van der Waals surface area contributed by atoms with E-state index in [9.17, 15) is 0 Å². The van der Waals surface area contributed by atoms with Gasteiger partial charge in [0.05, 0.1) is 6.10 Å². The van der Waals surface area contributed by atoms with E-state index in [2.05, 4.69) is 59.4 Å². The number of methoxy groups -OCH3 is 1. The zero-order valence-electron chi connectivity index (χ0n) is 20.5. The van der Waals surface area contributed by atoms with Gasteiger partial charge in [-0.25, -0.2) is 0 Å². The maximum absolute atomic E-state index is 6.15. The molecule has 4 saturated carbocycles. The fourth-order valence-corrected chi connectivity index (χ4v) is 7.74. The van der Waals surface area contributed by atoms with Gasteiger partial charge in [0.1, 0.15) is 0 Å². The second-order valence-electron chi connectivity index (χ2n) is 11.9. The minimum Gasteiger partial charge on any atom is -0.376 e. The van der Waals surface area contributed by atoms with Crippen molar-refractivity contribution in [2.75, 3.05) is 7.11 Å². The molecule has 0 aromatic rings. The molecule has 1 heteroatoms. The van der Waals surface area contributed by atoms with E-state index >= 15 is 0 Å². The van der Waals surface area contributed by atoms with E-state index in [1.54, 1.807) is 5.57 Å². The van der Waals surface area contributed by atoms with Gasteiger partial charge in [-0.2, -0.15) is 0 Å². The molecule has 0 radical (unpaired) electrons. The largest absolute Gasteiger partial charge is 0.376 e. The molecule has 0 aliphatic heterocycles. The molecular weight excluding hydrogens is 364 g/mol. The molecule has 4 aliphatic carbocycles. The van der Waals surface area contributed by atoms with Crippen LogP contribution in [0.3, 0.4) is 0 Å². The van der Waals surface area contributed by atoms with Crippen LogP contribution in [0.5, 0.6) is 0 Å². The third-order valence-electron chi connectivity index (χ3n) is 10.2. The van der Waals surface area contributed by atoms with Crippen LogP contribution in [0.1, 0.15) is 86.0 Å². The van der Waals surface area contributed by atoms with Crippen molar-refractivity contribution in [3.63, 3.8) is 0 Å². The third kappa shape index (κ3) is 3.58. The summed E-state index contributed by atoms with van der Waals surface area (Å²) in [5.41, 5.74) is 3.94. The lowest BCUT2D eigenvalue weighted by molar-refractivity contribution is 0.0826. The molecule has 168 valence electrons. The first-order chi connectivity index (χ1) is 14.2. The Morgan fingerprint density at radius 3 is 2.43 bits per heavy atom. The van der Waals surface area contributed by atoms with Crippen LogP contribution in [0.25, 0.3) is 0 Å². The highest BCUT2D eigenvalue weighted by atomic mass is 16.5. The average Bonchev–Trinajstić information content (AvgIpc) is 3.21. The number of hydrogen-bond donors (Lipinski definition) is 0. The van der Waals surface area contributed by atoms with Crippen LogP contribution in [0.4, 0.5) is 0 Å². The Labute approximate surface area is 186 Å². The van der Waals surface area contributed by atoms with Crippen molar-refractivity contribution in [3.8, 4) is 0 Å². The molecule has 30 heavy (non-hydrogen) atoms. The molecule has 1 unspecified atom stereocenters. The van der Waals surface area contributed by atoms with E-state index < -0.39 is 0 Å². The highest BCUT2D eigenvalue weighted by Crippen LogP contribution is 2.69. The molecule has 0 aromatic heterocycles. The predicted molar refractivity (Wildman–Crippen MR) is 128 cm³/mol. The summed E-state index contributed by atoms with van der Waals surface area (Å²) >= 11 is 0. The molecule has 0 heterocycles. The van der Waals surface area contributed by atoms with E-state index in [0.717, 1.165) is 23.7 Å². The lowest BCUT2D eigenvalue weighted by Crippen LogP contribution is -2.36. The summed E-state index contributed by atoms with van der Waals surface area (Å²) in [5, 5.41) is 0. The molecule has 4 rings (SSSR count). The number of ether oxygens (including phenoxy) is 1. The Morgan fingerprint density at radius 2 is 1.83 bits per heavy atom. The van der Waals surface area contributed by atoms with Crippen molar-refractivity contribution in [1.29, 1.82) is 0 Å². The quantitative estimate of drug-likeness (QED) is 0.386. The summed E-state index contributed by atoms with van der Waals surface area (Å²) in [5.74, 6) is 4.50. The Hall–Kier alpha value is -0.820. The van der Waals surface area contributed by atoms with Gasteiger partial charge in [0.2, 0.25) is 0 Å². The minimum absolute atomic E-state index is 0.262. The Balaban J connectivity index is 1.52. The molecule has 8 atom stereocenters. The van der Waals surface area contributed by atoms with Crippen LogP contribution >= 0.6 is 0 Å². The smallest absolute Gasteiger partial charge is 0.0850 e. The fraction of sp³-hybridized carbons (Fsp3) is 0.793. The summed E-state index contributed by atoms with van der Waals surface area (Å²) in [6.07, 6.45) is 18.6. The highest BCUT2D eigenvalue weighted by molar-refractivity contribution is 5.35. The third-order valence-corrected chi connectivity index (χ3v) is 10.2. The molecule has 0 N–H and O–H groups in total. The molecule has 0 spiro atoms. The zero-order valence-corrected chi connectivity index (χ0v) is 20.5. The molecule has 0 aromatic carbocycles. The van der Waals surface area contributed by atoms with E-state index in [0.29, 0.717) is 17.3 Å². The molecule has 0 bridgehead atoms. The van der Waals surface area contributed by atoms with E-state index in [-0.39, 0.29) is 11.5 Å². The molecular formula is C29H46O. The predicted octanol–water partition coefficient (Wildman–Crippen LogP) is 7.98. The van der Waals surface area contributed by atoms with E-state index in [1.807, 2.05) is 7.11 Å². The lowest BCUT2D eigenvalue weighted by atomic mass is 9.61. The van der Waals surface area contributed by atoms with Crippen molar-refractivity contribution in [3.05, 3.63) is 36.0 Å². The van der Waals surface area contributed by atoms with Gasteiger partial charge in [0.15, 0.2) is 0 Å². The van der Waals surface area contributed by atoms with Crippen LogP contribution in [0, 0.1) is 46.3 Å². The summed E-state index contributed by atoms with van der Waals surface area (Å²) in [4.78, 5) is 0. The standard InChI is InChI=1S/C29H46O/c1-19(2)20(3)10-11-21(4)25-14-15-26-23(9-8-16-28(25,26)6)17-27(30-7)29-18-24(29)13-12-22(29)5/h10-11,17,19-21,24-27H,5,8-9,12-16,18H2,1-4,6-7H3/b11-10+,23-17+/t20-,21+,24+,25+,26-,27+,28+,29?/m0/s1. The Morgan fingerprint density at radius 1 is 1.07 bits per heavy atom. The maximum atomic E-state index is 6.15. The van der Waals surface area contributed by atoms with Crippen LogP contribution in [-0.4, -0.2) is 13.2 Å². The van der Waals surface area contributed by atoms with Gasteiger partial charge >= 0.3 is 0 Å². The van der Waals surface area contributed by atoms with Crippen LogP contribution in [0.15, 0.2) is 36.0 Å². The lowest BCUT2D eigenvalue weighted by Gasteiger charge is -2.44. The summed E-state index contributed by atoms with van der Waals surface area (Å²) in [6, 6.07) is 0. The highest BCUT2D eigenvalue weighted by Gasteiger charge is 2.63. The maximum Gasteiger partial charge on any atom is 0.0850 e. The van der Waals surface area contributed by atoms with Crippen molar-refractivity contribution < 1.29 is 4.74 Å². The number of hydrogen-bond acceptors (Lipinski definition) is 1. The van der Waals surface area contributed by atoms with Gasteiger partial charge in [-0.3, -0.25) is 0 Å². The van der Waals surface area contributed by atoms with Crippen molar-refractivity contribution in [2.45, 2.75) is 92.1 Å². The first-order valence-corrected chi connectivity index (χ1v) is 12.8. The summed E-state index contributed by atoms with van der Waals surface area (Å²) < 4.78 is 6.15. The topological polar surface area (TPSA) is 9.23 Å². The van der Waals surface area contributed by atoms with E-state index in [4.69, 9.17) is 4.74 Å². The van der Waals surface area contributed by atoms with Crippen molar-refractivity contribution >= 4 is 0 Å². The monoisotopic (exact) mass is 410 g/mol. The number of allylic oxidation sites excluding steroid dienone is 3. The Kier molecular flexibility index (Phi) is 6.17. The molecule has 1 nitrogen and oxygen atoms in total. The Bertz CT molecular complexity index is 714. The molecule has 0 amide bonds. The van der Waals surface area contributed by atoms with Crippen LogP contribution in [0.2, 0.25) is 0 Å². The second kappa shape index (κ2) is 8.27. The van der Waals surface area contributed by atoms with Gasteiger partial charge in [-0.15, -0.1) is 0 Å². The van der Waals surface area contributed by atoms with Gasteiger partial charge in [-0.1, -0.05) is 70.6 Å². The summed E-state index contributed by atoms with van der Waals surface area (Å²) in [6.45, 7) is 16.6. The number of fused-ring (bicyclic) bond motifs is 2. The van der Waals surface area contributed by atoms with Crippen LogP contribution in [-0.2, 0) is 4.74 Å². The molecule has 0 saturated heterocycles. The second-order valence-corrected chi connectivity index (χ2v) is 11.9. The van der Waals surface area contributed by atoms with Crippen molar-refractivity contribution in [1.82, 2.24) is 0 Å². The zero-order chi connectivity index (χ0) is 21.7. The number of rotatable bonds is 7. The normalized spacial score (nSPS) is 42.6. The van der Waals surface area contributed by atoms with Gasteiger partial charge < -0.3 is 4.74 Å².